The van der Waals surface area contributed by atoms with Gasteiger partial charge in [0.1, 0.15) is 18.9 Å². The number of H-pyrrole nitrogens is 1. The van der Waals surface area contributed by atoms with Crippen LogP contribution in [-0.4, -0.2) is 61.2 Å². The number of nitrogens with one attached hydrogen (secondary N) is 1. The number of aromatic nitrogens is 3. The average molecular weight is 270 g/mol. The molecule has 0 aliphatic carbocycles. The number of aliphatic carboxylic acids is 2. The summed E-state index contributed by atoms with van der Waals surface area (Å²) in [5, 5.41) is 23.5. The monoisotopic (exact) mass is 270 g/mol. The topological polar surface area (TPSA) is 136 Å². The Hall–Kier alpha value is -2.45. The van der Waals surface area contributed by atoms with E-state index in [0.717, 1.165) is 0 Å². The summed E-state index contributed by atoms with van der Waals surface area (Å²) in [6.45, 7) is 2.22. The predicted octanol–water partition coefficient (Wildman–Crippen LogP) is -0.460. The van der Waals surface area contributed by atoms with E-state index in [0.29, 0.717) is 10.7 Å². The van der Waals surface area contributed by atoms with E-state index in [1.54, 1.807) is 0 Å². The minimum absolute atomic E-state index is 0.0152. The number of hydrogen-bond donors (Lipinski definition) is 3. The molecular formula is C10H14N4O5. The normalized spacial score (nSPS) is 10.5. The number of carboxylic acid groups (broad SMARTS) is 2. The van der Waals surface area contributed by atoms with E-state index in [1.807, 2.05) is 13.8 Å². The lowest BCUT2D eigenvalue weighted by Gasteiger charge is -2.16. The highest BCUT2D eigenvalue weighted by Crippen LogP contribution is 2.08. The van der Waals surface area contributed by atoms with Crippen molar-refractivity contribution in [3.63, 3.8) is 0 Å². The van der Waals surface area contributed by atoms with Crippen molar-refractivity contribution in [1.82, 2.24) is 20.1 Å². The third-order valence-electron chi connectivity index (χ3n) is 2.18. The van der Waals surface area contributed by atoms with E-state index in [2.05, 4.69) is 15.2 Å². The molecule has 9 nitrogen and oxygen atoms in total. The van der Waals surface area contributed by atoms with Crippen molar-refractivity contribution in [3.05, 3.63) is 11.6 Å². The highest BCUT2D eigenvalue weighted by Gasteiger charge is 2.24. The summed E-state index contributed by atoms with van der Waals surface area (Å²) in [4.78, 5) is 37.7. The number of aromatic amines is 1. The van der Waals surface area contributed by atoms with Gasteiger partial charge in [0, 0.05) is 5.92 Å². The first-order valence-electron chi connectivity index (χ1n) is 5.46. The second-order valence-electron chi connectivity index (χ2n) is 4.15. The van der Waals surface area contributed by atoms with E-state index in [1.165, 1.54) is 0 Å². The average Bonchev–Trinajstić information content (AvgIpc) is 2.75. The molecule has 0 aromatic carbocycles. The van der Waals surface area contributed by atoms with E-state index in [9.17, 15) is 14.4 Å². The molecule has 0 radical (unpaired) electrons. The summed E-state index contributed by atoms with van der Waals surface area (Å²) >= 11 is 0. The standard InChI is InChI=1S/C10H14N4O5/c1-5(2)8-11-9(13-12-8)10(19)14(3-6(15)16)4-7(17)18/h5H,3-4H2,1-2H3,(H,15,16)(H,17,18)(H,11,12,13). The van der Waals surface area contributed by atoms with Crippen LogP contribution in [-0.2, 0) is 9.59 Å². The number of carbonyl (C=O) groups excluding carboxylic acids is 1. The van der Waals surface area contributed by atoms with Crippen LogP contribution in [0.1, 0.15) is 36.2 Å². The van der Waals surface area contributed by atoms with E-state index >= 15 is 0 Å². The van der Waals surface area contributed by atoms with Gasteiger partial charge in [0.15, 0.2) is 0 Å². The van der Waals surface area contributed by atoms with Gasteiger partial charge in [-0.1, -0.05) is 13.8 Å². The molecule has 9 heteroatoms. The van der Waals surface area contributed by atoms with Gasteiger partial charge in [-0.05, 0) is 0 Å². The van der Waals surface area contributed by atoms with E-state index in [4.69, 9.17) is 10.2 Å². The Kier molecular flexibility index (Phi) is 4.56. The molecule has 19 heavy (non-hydrogen) atoms. The highest BCUT2D eigenvalue weighted by atomic mass is 16.4. The van der Waals surface area contributed by atoms with Crippen LogP contribution in [0.3, 0.4) is 0 Å². The summed E-state index contributed by atoms with van der Waals surface area (Å²) in [6, 6.07) is 0. The van der Waals surface area contributed by atoms with Crippen LogP contribution >= 0.6 is 0 Å². The Morgan fingerprint density at radius 3 is 2.11 bits per heavy atom. The Morgan fingerprint density at radius 1 is 1.21 bits per heavy atom. The first-order valence-corrected chi connectivity index (χ1v) is 5.46. The molecular weight excluding hydrogens is 256 g/mol. The van der Waals surface area contributed by atoms with Crippen LogP contribution in [0.4, 0.5) is 0 Å². The fourth-order valence-electron chi connectivity index (χ4n) is 1.30. The maximum Gasteiger partial charge on any atom is 0.323 e. The minimum Gasteiger partial charge on any atom is -0.480 e. The van der Waals surface area contributed by atoms with Crippen LogP contribution in [0, 0.1) is 0 Å². The van der Waals surface area contributed by atoms with Crippen LogP contribution in [0.25, 0.3) is 0 Å². The van der Waals surface area contributed by atoms with E-state index in [-0.39, 0.29) is 11.7 Å². The molecule has 0 atom stereocenters. The SMILES string of the molecule is CC(C)c1nc(C(=O)N(CC(=O)O)CC(=O)O)n[nH]1. The molecule has 1 aromatic heterocycles. The quantitative estimate of drug-likeness (QED) is 0.636. The lowest BCUT2D eigenvalue weighted by molar-refractivity contribution is -0.140. The summed E-state index contributed by atoms with van der Waals surface area (Å²) < 4.78 is 0. The van der Waals surface area contributed by atoms with Crippen molar-refractivity contribution in [2.75, 3.05) is 13.1 Å². The number of amides is 1. The van der Waals surface area contributed by atoms with Gasteiger partial charge in [-0.25, -0.2) is 4.98 Å². The third-order valence-corrected chi connectivity index (χ3v) is 2.18. The van der Waals surface area contributed by atoms with Gasteiger partial charge >= 0.3 is 11.9 Å². The smallest absolute Gasteiger partial charge is 0.323 e. The zero-order chi connectivity index (χ0) is 14.6. The maximum atomic E-state index is 11.9. The Labute approximate surface area is 108 Å². The number of rotatable bonds is 6. The lowest BCUT2D eigenvalue weighted by Crippen LogP contribution is -2.39. The van der Waals surface area contributed by atoms with Crippen molar-refractivity contribution in [3.8, 4) is 0 Å². The molecule has 1 rings (SSSR count). The molecule has 1 heterocycles. The molecule has 0 aliphatic rings. The lowest BCUT2D eigenvalue weighted by atomic mass is 10.2. The van der Waals surface area contributed by atoms with Crippen molar-refractivity contribution in [1.29, 1.82) is 0 Å². The first kappa shape index (κ1) is 14.6. The van der Waals surface area contributed by atoms with Gasteiger partial charge < -0.3 is 15.1 Å². The predicted molar refractivity (Wildman–Crippen MR) is 61.6 cm³/mol. The molecule has 0 fully saturated rings. The molecule has 104 valence electrons. The number of carbonyl (C=O) groups is 3. The first-order chi connectivity index (χ1) is 8.81. The van der Waals surface area contributed by atoms with Crippen molar-refractivity contribution in [2.45, 2.75) is 19.8 Å². The molecule has 0 saturated carbocycles. The minimum atomic E-state index is -1.31. The van der Waals surface area contributed by atoms with Crippen molar-refractivity contribution in [2.24, 2.45) is 0 Å². The summed E-state index contributed by atoms with van der Waals surface area (Å²) in [5.41, 5.74) is 0. The Balaban J connectivity index is 2.90. The molecule has 1 amide bonds. The highest BCUT2D eigenvalue weighted by molar-refractivity contribution is 5.94. The zero-order valence-electron chi connectivity index (χ0n) is 10.5. The zero-order valence-corrected chi connectivity index (χ0v) is 10.5. The van der Waals surface area contributed by atoms with Gasteiger partial charge in [0.25, 0.3) is 5.91 Å². The van der Waals surface area contributed by atoms with Crippen LogP contribution < -0.4 is 0 Å². The second-order valence-corrected chi connectivity index (χ2v) is 4.15. The van der Waals surface area contributed by atoms with Crippen LogP contribution in [0.15, 0.2) is 0 Å². The van der Waals surface area contributed by atoms with E-state index < -0.39 is 30.9 Å². The molecule has 0 saturated heterocycles. The molecule has 0 aliphatic heterocycles. The van der Waals surface area contributed by atoms with Gasteiger partial charge in [0.2, 0.25) is 5.82 Å². The molecule has 0 unspecified atom stereocenters. The van der Waals surface area contributed by atoms with Crippen molar-refractivity contribution < 1.29 is 24.6 Å². The van der Waals surface area contributed by atoms with Gasteiger partial charge in [-0.2, -0.15) is 0 Å². The number of nitrogens with zero attached hydrogens (tertiary/aromatic N) is 3. The third kappa shape index (κ3) is 4.05. The second kappa shape index (κ2) is 5.94. The number of hydrogen-bond acceptors (Lipinski definition) is 5. The molecule has 1 aromatic rings. The maximum absolute atomic E-state index is 11.9. The molecule has 0 bridgehead atoms. The summed E-state index contributed by atoms with van der Waals surface area (Å²) in [6.07, 6.45) is 0. The van der Waals surface area contributed by atoms with Crippen molar-refractivity contribution >= 4 is 17.8 Å². The molecule has 3 N–H and O–H groups in total. The Morgan fingerprint density at radius 2 is 1.74 bits per heavy atom. The fourth-order valence-corrected chi connectivity index (χ4v) is 1.30. The van der Waals surface area contributed by atoms with Gasteiger partial charge in [-0.3, -0.25) is 19.5 Å². The summed E-state index contributed by atoms with van der Waals surface area (Å²) in [7, 11) is 0. The van der Waals surface area contributed by atoms with Crippen LogP contribution in [0.5, 0.6) is 0 Å². The van der Waals surface area contributed by atoms with Gasteiger partial charge in [0.05, 0.1) is 0 Å². The fraction of sp³-hybridized carbons (Fsp3) is 0.500. The van der Waals surface area contributed by atoms with Gasteiger partial charge in [-0.15, -0.1) is 5.10 Å². The summed E-state index contributed by atoms with van der Waals surface area (Å²) in [5.74, 6) is -3.22. The number of carboxylic acids is 2. The van der Waals surface area contributed by atoms with Crippen LogP contribution in [0.2, 0.25) is 0 Å². The Bertz CT molecular complexity index is 480. The largest absolute Gasteiger partial charge is 0.480 e. The molecule has 0 spiro atoms.